The molecule has 1 fully saturated rings. The lowest BCUT2D eigenvalue weighted by atomic mass is 9.89. The highest BCUT2D eigenvalue weighted by Crippen LogP contribution is 2.37. The van der Waals surface area contributed by atoms with Crippen LogP contribution in [0.15, 0.2) is 36.5 Å². The van der Waals surface area contributed by atoms with Crippen molar-refractivity contribution in [2.45, 2.75) is 98.3 Å². The van der Waals surface area contributed by atoms with Crippen molar-refractivity contribution in [2.75, 3.05) is 36.9 Å². The fourth-order valence-corrected chi connectivity index (χ4v) is 7.20. The van der Waals surface area contributed by atoms with Crippen molar-refractivity contribution in [3.05, 3.63) is 52.7 Å². The van der Waals surface area contributed by atoms with Crippen LogP contribution in [0, 0.1) is 5.92 Å². The molecule has 5 rings (SSSR count). The number of anilines is 2. The third-order valence-corrected chi connectivity index (χ3v) is 9.81. The quantitative estimate of drug-likeness (QED) is 0.265. The van der Waals surface area contributed by atoms with Crippen LogP contribution in [0.4, 0.5) is 21.1 Å². The summed E-state index contributed by atoms with van der Waals surface area (Å²) in [5.74, 6) is -1.20. The van der Waals surface area contributed by atoms with Gasteiger partial charge in [-0.3, -0.25) is 9.59 Å². The molecule has 13 heteroatoms. The molecule has 51 heavy (non-hydrogen) atoms. The molecular weight excluding hydrogens is 669 g/mol. The monoisotopic (exact) mass is 718 g/mol. The van der Waals surface area contributed by atoms with Gasteiger partial charge in [0.15, 0.2) is 5.82 Å². The molecule has 2 aromatic heterocycles. The topological polar surface area (TPSA) is 134 Å². The van der Waals surface area contributed by atoms with E-state index >= 15 is 0 Å². The molecule has 0 aliphatic carbocycles. The molecule has 2 aliphatic heterocycles. The van der Waals surface area contributed by atoms with Crippen molar-refractivity contribution in [1.82, 2.24) is 19.8 Å². The maximum atomic E-state index is 13.8. The molecule has 2 atom stereocenters. The Hall–Kier alpha value is -4.36. The molecule has 274 valence electrons. The van der Waals surface area contributed by atoms with Gasteiger partial charge in [-0.2, -0.15) is 4.90 Å². The van der Waals surface area contributed by atoms with Crippen LogP contribution in [-0.2, 0) is 25.5 Å². The summed E-state index contributed by atoms with van der Waals surface area (Å²) in [5, 5.41) is 3.74. The van der Waals surface area contributed by atoms with Crippen LogP contribution < -0.4 is 10.2 Å². The molecule has 0 saturated carbocycles. The Bertz CT molecular complexity index is 1810. The van der Waals surface area contributed by atoms with Crippen LogP contribution in [0.2, 0.25) is 0 Å². The molecule has 0 bridgehead atoms. The van der Waals surface area contributed by atoms with Gasteiger partial charge in [-0.25, -0.2) is 19.6 Å². The minimum atomic E-state index is -0.942. The van der Waals surface area contributed by atoms with Crippen molar-refractivity contribution in [1.29, 1.82) is 0 Å². The van der Waals surface area contributed by atoms with Crippen LogP contribution in [0.3, 0.4) is 0 Å². The Morgan fingerprint density at radius 1 is 1.02 bits per heavy atom. The number of nitrogens with one attached hydrogen (secondary N) is 1. The molecule has 2 aliphatic rings. The van der Waals surface area contributed by atoms with Gasteiger partial charge in [0.2, 0.25) is 0 Å². The lowest BCUT2D eigenvalue weighted by Gasteiger charge is -2.38. The number of aromatic nitrogens is 2. The van der Waals surface area contributed by atoms with Gasteiger partial charge in [-0.05, 0) is 115 Å². The number of ether oxygens (including phenoxy) is 2. The number of carbonyl (C=O) groups excluding carboxylic acids is 4. The lowest BCUT2D eigenvalue weighted by Crippen LogP contribution is -2.46. The second-order valence-electron chi connectivity index (χ2n) is 15.5. The second kappa shape index (κ2) is 15.1. The maximum absolute atomic E-state index is 13.8. The van der Waals surface area contributed by atoms with Crippen molar-refractivity contribution >= 4 is 62.6 Å². The van der Waals surface area contributed by atoms with Crippen LogP contribution in [0.1, 0.15) is 96.8 Å². The van der Waals surface area contributed by atoms with Crippen LogP contribution in [-0.4, -0.2) is 81.7 Å². The highest BCUT2D eigenvalue weighted by molar-refractivity contribution is 7.19. The van der Waals surface area contributed by atoms with E-state index in [0.717, 1.165) is 58.0 Å². The van der Waals surface area contributed by atoms with E-state index in [1.807, 2.05) is 13.0 Å². The van der Waals surface area contributed by atoms with E-state index in [1.54, 1.807) is 63.8 Å². The number of piperidine rings is 1. The molecule has 3 aromatic rings. The Labute approximate surface area is 304 Å². The number of aryl methyl sites for hydroxylation is 1. The second-order valence-corrected chi connectivity index (χ2v) is 16.5. The number of benzene rings is 1. The highest BCUT2D eigenvalue weighted by Gasteiger charge is 2.37. The molecule has 4 amide bonds. The minimum absolute atomic E-state index is 0.0166. The molecular formula is C38H50N6O6S. The summed E-state index contributed by atoms with van der Waals surface area (Å²) in [6.45, 7) is 16.4. The van der Waals surface area contributed by atoms with Gasteiger partial charge < -0.3 is 24.6 Å². The molecule has 1 saturated heterocycles. The fraction of sp³-hybridized carbons (Fsp3) is 0.526. The Balaban J connectivity index is 1.37. The first-order valence-electron chi connectivity index (χ1n) is 17.6. The predicted molar refractivity (Wildman–Crippen MR) is 200 cm³/mol. The number of fused-ring (bicyclic) bond motifs is 1. The van der Waals surface area contributed by atoms with E-state index in [1.165, 1.54) is 11.8 Å². The molecule has 0 spiro atoms. The smallest absolute Gasteiger partial charge is 0.425 e. The van der Waals surface area contributed by atoms with Gasteiger partial charge in [-0.1, -0.05) is 26.0 Å². The number of nitrogens with zero attached hydrogens (tertiary/aromatic N) is 5. The number of likely N-dealkylation sites (tertiary alicyclic amines) is 1. The SMILES string of the molecule is CCc1cc(NC(=O)C(=O)N2C[C@@H](C)CCC2c2ccc3sc(C4=CCN(C)CC4)nc3c2)cnc1N(C(=O)OC(C)(C)C)C(=O)OC(C)(C)C. The minimum Gasteiger partial charge on any atom is -0.443 e. The summed E-state index contributed by atoms with van der Waals surface area (Å²) >= 11 is 1.68. The number of rotatable bonds is 5. The Morgan fingerprint density at radius 3 is 2.31 bits per heavy atom. The van der Waals surface area contributed by atoms with E-state index in [9.17, 15) is 19.2 Å². The first-order chi connectivity index (χ1) is 23.9. The number of imide groups is 1. The zero-order chi connectivity index (χ0) is 37.2. The van der Waals surface area contributed by atoms with Crippen molar-refractivity contribution in [2.24, 2.45) is 5.92 Å². The van der Waals surface area contributed by atoms with Crippen molar-refractivity contribution < 1.29 is 28.7 Å². The zero-order valence-corrected chi connectivity index (χ0v) is 32.0. The number of hydrogen-bond acceptors (Lipinski definition) is 10. The molecule has 12 nitrogen and oxygen atoms in total. The number of carbonyl (C=O) groups is 4. The average Bonchev–Trinajstić information content (AvgIpc) is 3.47. The maximum Gasteiger partial charge on any atom is 0.425 e. The van der Waals surface area contributed by atoms with Gasteiger partial charge in [-0.15, -0.1) is 11.3 Å². The molecule has 1 unspecified atom stereocenters. The van der Waals surface area contributed by atoms with Gasteiger partial charge >= 0.3 is 24.0 Å². The normalized spacial score (nSPS) is 18.6. The van der Waals surface area contributed by atoms with Gasteiger partial charge in [0.1, 0.15) is 16.2 Å². The summed E-state index contributed by atoms with van der Waals surface area (Å²) in [6.07, 6.45) is 4.63. The average molecular weight is 719 g/mol. The Morgan fingerprint density at radius 2 is 1.71 bits per heavy atom. The van der Waals surface area contributed by atoms with Crippen LogP contribution in [0.5, 0.6) is 0 Å². The Kier molecular flexibility index (Phi) is 11.2. The largest absolute Gasteiger partial charge is 0.443 e. The zero-order valence-electron chi connectivity index (χ0n) is 31.2. The van der Waals surface area contributed by atoms with Crippen LogP contribution in [0.25, 0.3) is 15.8 Å². The fourth-order valence-electron chi connectivity index (χ4n) is 6.19. The molecule has 4 heterocycles. The number of thiazole rings is 1. The van der Waals surface area contributed by atoms with Gasteiger partial charge in [0.25, 0.3) is 0 Å². The number of amides is 4. The molecule has 0 radical (unpaired) electrons. The standard InChI is InChI=1S/C38H50N6O6S/c1-10-24-19-27(21-39-31(24)44(35(47)49-37(3,4)5)36(48)50-38(6,7)8)40-32(45)34(46)43-22-23(2)11-13-29(43)26-12-14-30-28(20-26)41-33(51-30)25-15-17-42(9)18-16-25/h12,14-15,19-21,23,29H,10-11,13,16-18,22H2,1-9H3,(H,40,45)/t23-,29?/m0/s1. The van der Waals surface area contributed by atoms with Crippen molar-refractivity contribution in [3.63, 3.8) is 0 Å². The first-order valence-corrected chi connectivity index (χ1v) is 18.4. The predicted octanol–water partition coefficient (Wildman–Crippen LogP) is 7.59. The summed E-state index contributed by atoms with van der Waals surface area (Å²) in [4.78, 5) is 67.9. The first kappa shape index (κ1) is 37.9. The van der Waals surface area contributed by atoms with Gasteiger partial charge in [0.05, 0.1) is 28.1 Å². The number of likely N-dealkylation sites (N-methyl/N-ethyl adjacent to an activating group) is 1. The summed E-state index contributed by atoms with van der Waals surface area (Å²) in [6, 6.07) is 7.49. The van der Waals surface area contributed by atoms with E-state index < -0.39 is 35.2 Å². The lowest BCUT2D eigenvalue weighted by molar-refractivity contribution is -0.146. The van der Waals surface area contributed by atoms with E-state index in [2.05, 4.69) is 47.4 Å². The molecule has 1 aromatic carbocycles. The third-order valence-electron chi connectivity index (χ3n) is 8.70. The summed E-state index contributed by atoms with van der Waals surface area (Å²) in [7, 11) is 2.11. The highest BCUT2D eigenvalue weighted by atomic mass is 32.1. The summed E-state index contributed by atoms with van der Waals surface area (Å²) in [5.41, 5.74) is 2.06. The number of pyridine rings is 1. The molecule has 1 N–H and O–H groups in total. The van der Waals surface area contributed by atoms with E-state index in [4.69, 9.17) is 14.5 Å². The van der Waals surface area contributed by atoms with Crippen molar-refractivity contribution in [3.8, 4) is 0 Å². The van der Waals surface area contributed by atoms with Crippen LogP contribution >= 0.6 is 11.3 Å². The van der Waals surface area contributed by atoms with E-state index in [-0.39, 0.29) is 23.5 Å². The van der Waals surface area contributed by atoms with Gasteiger partial charge in [0, 0.05) is 19.6 Å². The number of hydrogen-bond donors (Lipinski definition) is 1. The summed E-state index contributed by atoms with van der Waals surface area (Å²) < 4.78 is 12.1. The third kappa shape index (κ3) is 9.31. The van der Waals surface area contributed by atoms with E-state index in [0.29, 0.717) is 18.5 Å².